The van der Waals surface area contributed by atoms with Gasteiger partial charge in [-0.05, 0) is 25.7 Å². The number of unbranched alkanes of at least 4 members (excludes halogenated alkanes) is 1. The van der Waals surface area contributed by atoms with Gasteiger partial charge in [0.2, 0.25) is 5.91 Å². The first-order valence-corrected chi connectivity index (χ1v) is 5.86. The van der Waals surface area contributed by atoms with E-state index < -0.39 is 0 Å². The predicted octanol–water partition coefficient (Wildman–Crippen LogP) is 0.799. The molecule has 88 valence electrons. The number of hydrogen-bond donors (Lipinski definition) is 2. The Labute approximate surface area is 91.5 Å². The molecule has 1 rings (SSSR count). The van der Waals surface area contributed by atoms with Crippen molar-refractivity contribution in [1.82, 2.24) is 5.32 Å². The van der Waals surface area contributed by atoms with Crippen molar-refractivity contribution >= 4 is 5.91 Å². The maximum atomic E-state index is 11.3. The summed E-state index contributed by atoms with van der Waals surface area (Å²) in [6.45, 7) is 3.03. The van der Waals surface area contributed by atoms with Gasteiger partial charge in [-0.25, -0.2) is 0 Å². The third-order valence-electron chi connectivity index (χ3n) is 2.73. The lowest BCUT2D eigenvalue weighted by molar-refractivity contribution is -0.127. The molecule has 4 nitrogen and oxygen atoms in total. The molecule has 2 unspecified atom stereocenters. The number of nitrogens with two attached hydrogens (primary N) is 1. The molecule has 0 aromatic rings. The van der Waals surface area contributed by atoms with Crippen LogP contribution in [0.1, 0.15) is 39.0 Å². The topological polar surface area (TPSA) is 64.3 Å². The molecule has 2 atom stereocenters. The summed E-state index contributed by atoms with van der Waals surface area (Å²) in [6, 6.07) is 0.262. The standard InChI is InChI=1S/C11H22N2O2/c1-2-3-6-13-11(14)8-15-10-5-4-9(12)7-10/h9-10H,2-8,12H2,1H3,(H,13,14). The molecule has 3 N–H and O–H groups in total. The highest BCUT2D eigenvalue weighted by atomic mass is 16.5. The van der Waals surface area contributed by atoms with E-state index in [4.69, 9.17) is 10.5 Å². The summed E-state index contributed by atoms with van der Waals surface area (Å²) in [5.74, 6) is -0.0103. The minimum Gasteiger partial charge on any atom is -0.368 e. The van der Waals surface area contributed by atoms with Gasteiger partial charge in [-0.15, -0.1) is 0 Å². The van der Waals surface area contributed by atoms with Crippen LogP contribution in [0.25, 0.3) is 0 Å². The number of amides is 1. The lowest BCUT2D eigenvalue weighted by atomic mass is 10.3. The first-order valence-electron chi connectivity index (χ1n) is 5.86. The summed E-state index contributed by atoms with van der Waals surface area (Å²) < 4.78 is 5.47. The Kier molecular flexibility index (Phi) is 5.65. The number of nitrogens with one attached hydrogen (secondary N) is 1. The fourth-order valence-corrected chi connectivity index (χ4v) is 1.77. The van der Waals surface area contributed by atoms with Crippen molar-refractivity contribution in [2.75, 3.05) is 13.2 Å². The van der Waals surface area contributed by atoms with E-state index >= 15 is 0 Å². The highest BCUT2D eigenvalue weighted by Crippen LogP contribution is 2.19. The number of carbonyl (C=O) groups is 1. The Bertz CT molecular complexity index is 197. The van der Waals surface area contributed by atoms with Gasteiger partial charge < -0.3 is 15.8 Å². The fraction of sp³-hybridized carbons (Fsp3) is 0.909. The maximum absolute atomic E-state index is 11.3. The minimum atomic E-state index is -0.0103. The second-order valence-electron chi connectivity index (χ2n) is 4.21. The van der Waals surface area contributed by atoms with Gasteiger partial charge in [-0.1, -0.05) is 13.3 Å². The van der Waals surface area contributed by atoms with Crippen LogP contribution in [0.5, 0.6) is 0 Å². The summed E-state index contributed by atoms with van der Waals surface area (Å²) in [5, 5.41) is 2.82. The number of ether oxygens (including phenoxy) is 1. The van der Waals surface area contributed by atoms with E-state index in [0.29, 0.717) is 0 Å². The molecule has 1 aliphatic carbocycles. The van der Waals surface area contributed by atoms with E-state index in [1.807, 2.05) is 0 Å². The molecule has 0 aliphatic heterocycles. The van der Waals surface area contributed by atoms with E-state index in [9.17, 15) is 4.79 Å². The molecule has 15 heavy (non-hydrogen) atoms. The zero-order valence-electron chi connectivity index (χ0n) is 9.50. The summed E-state index contributed by atoms with van der Waals surface area (Å²) in [7, 11) is 0. The van der Waals surface area contributed by atoms with Crippen molar-refractivity contribution in [2.45, 2.75) is 51.2 Å². The fourth-order valence-electron chi connectivity index (χ4n) is 1.77. The number of hydrogen-bond acceptors (Lipinski definition) is 3. The number of carbonyl (C=O) groups excluding carboxylic acids is 1. The van der Waals surface area contributed by atoms with Crippen molar-refractivity contribution in [1.29, 1.82) is 0 Å². The molecule has 0 saturated heterocycles. The Morgan fingerprint density at radius 2 is 2.33 bits per heavy atom. The van der Waals surface area contributed by atoms with E-state index in [-0.39, 0.29) is 24.7 Å². The molecule has 1 fully saturated rings. The largest absolute Gasteiger partial charge is 0.368 e. The van der Waals surface area contributed by atoms with Crippen LogP contribution in [0.3, 0.4) is 0 Å². The molecule has 0 heterocycles. The second kappa shape index (κ2) is 6.80. The highest BCUT2D eigenvalue weighted by Gasteiger charge is 2.22. The van der Waals surface area contributed by atoms with Crippen LogP contribution in [-0.2, 0) is 9.53 Å². The molecule has 4 heteroatoms. The van der Waals surface area contributed by atoms with E-state index in [2.05, 4.69) is 12.2 Å². The van der Waals surface area contributed by atoms with Gasteiger partial charge in [-0.2, -0.15) is 0 Å². The van der Waals surface area contributed by atoms with Gasteiger partial charge in [0.15, 0.2) is 0 Å². The molecular weight excluding hydrogens is 192 g/mol. The molecule has 1 aliphatic rings. The summed E-state index contributed by atoms with van der Waals surface area (Å²) >= 11 is 0. The first-order chi connectivity index (χ1) is 7.22. The molecular formula is C11H22N2O2. The van der Waals surface area contributed by atoms with E-state index in [1.54, 1.807) is 0 Å². The summed E-state index contributed by atoms with van der Waals surface area (Å²) in [5.41, 5.74) is 5.75. The van der Waals surface area contributed by atoms with Crippen LogP contribution < -0.4 is 11.1 Å². The van der Waals surface area contributed by atoms with Crippen LogP contribution in [0.2, 0.25) is 0 Å². The van der Waals surface area contributed by atoms with Crippen LogP contribution >= 0.6 is 0 Å². The van der Waals surface area contributed by atoms with Crippen LogP contribution in [-0.4, -0.2) is 31.2 Å². The van der Waals surface area contributed by atoms with Gasteiger partial charge in [-0.3, -0.25) is 4.79 Å². The molecule has 1 saturated carbocycles. The van der Waals surface area contributed by atoms with Crippen molar-refractivity contribution in [3.8, 4) is 0 Å². The van der Waals surface area contributed by atoms with Gasteiger partial charge >= 0.3 is 0 Å². The molecule has 1 amide bonds. The minimum absolute atomic E-state index is 0.0103. The smallest absolute Gasteiger partial charge is 0.246 e. The monoisotopic (exact) mass is 214 g/mol. The first kappa shape index (κ1) is 12.5. The van der Waals surface area contributed by atoms with Gasteiger partial charge in [0, 0.05) is 12.6 Å². The van der Waals surface area contributed by atoms with Crippen LogP contribution in [0.4, 0.5) is 0 Å². The molecule has 0 aromatic heterocycles. The quantitative estimate of drug-likeness (QED) is 0.643. The summed E-state index contributed by atoms with van der Waals surface area (Å²) in [4.78, 5) is 11.3. The average molecular weight is 214 g/mol. The third-order valence-corrected chi connectivity index (χ3v) is 2.73. The van der Waals surface area contributed by atoms with Crippen molar-refractivity contribution in [2.24, 2.45) is 5.73 Å². The highest BCUT2D eigenvalue weighted by molar-refractivity contribution is 5.77. The lowest BCUT2D eigenvalue weighted by Crippen LogP contribution is -2.30. The Hall–Kier alpha value is -0.610. The zero-order chi connectivity index (χ0) is 11.1. The lowest BCUT2D eigenvalue weighted by Gasteiger charge is -2.11. The van der Waals surface area contributed by atoms with Crippen LogP contribution in [0.15, 0.2) is 0 Å². The Morgan fingerprint density at radius 3 is 2.93 bits per heavy atom. The van der Waals surface area contributed by atoms with E-state index in [0.717, 1.165) is 38.6 Å². The molecule has 0 bridgehead atoms. The zero-order valence-corrected chi connectivity index (χ0v) is 9.50. The second-order valence-corrected chi connectivity index (χ2v) is 4.21. The van der Waals surface area contributed by atoms with Gasteiger partial charge in [0.1, 0.15) is 6.61 Å². The molecule has 0 spiro atoms. The Morgan fingerprint density at radius 1 is 1.53 bits per heavy atom. The molecule has 0 radical (unpaired) electrons. The van der Waals surface area contributed by atoms with Crippen LogP contribution in [0, 0.1) is 0 Å². The van der Waals surface area contributed by atoms with Crippen molar-refractivity contribution in [3.63, 3.8) is 0 Å². The van der Waals surface area contributed by atoms with Gasteiger partial charge in [0.25, 0.3) is 0 Å². The number of rotatable bonds is 6. The normalized spacial score (nSPS) is 25.5. The van der Waals surface area contributed by atoms with Crippen molar-refractivity contribution < 1.29 is 9.53 Å². The van der Waals surface area contributed by atoms with Gasteiger partial charge in [0.05, 0.1) is 6.10 Å². The van der Waals surface area contributed by atoms with E-state index in [1.165, 1.54) is 0 Å². The van der Waals surface area contributed by atoms with Crippen molar-refractivity contribution in [3.05, 3.63) is 0 Å². The Balaban J connectivity index is 2.01. The third kappa shape index (κ3) is 5.14. The average Bonchev–Trinajstić information content (AvgIpc) is 2.62. The summed E-state index contributed by atoms with van der Waals surface area (Å²) in [6.07, 6.45) is 5.21. The SMILES string of the molecule is CCCCNC(=O)COC1CCC(N)C1. The maximum Gasteiger partial charge on any atom is 0.246 e. The predicted molar refractivity (Wildman–Crippen MR) is 59.5 cm³/mol. The molecule has 0 aromatic carbocycles.